The van der Waals surface area contributed by atoms with E-state index in [-0.39, 0.29) is 16.6 Å². The van der Waals surface area contributed by atoms with Crippen LogP contribution in [-0.4, -0.2) is 37.2 Å². The van der Waals surface area contributed by atoms with Crippen molar-refractivity contribution in [3.63, 3.8) is 0 Å². The summed E-state index contributed by atoms with van der Waals surface area (Å²) < 4.78 is 10.9. The van der Waals surface area contributed by atoms with E-state index in [0.717, 1.165) is 15.9 Å². The molecule has 0 aliphatic rings. The van der Waals surface area contributed by atoms with Crippen LogP contribution in [0.25, 0.3) is 0 Å². The normalized spacial score (nSPS) is 12.3. The van der Waals surface area contributed by atoms with E-state index >= 15 is 0 Å². The first-order valence-corrected chi connectivity index (χ1v) is 14.6. The Bertz CT molecular complexity index is 1490. The van der Waals surface area contributed by atoms with Crippen LogP contribution in [0, 0.1) is 11.3 Å². The number of rotatable bonds is 9. The van der Waals surface area contributed by atoms with Gasteiger partial charge in [-0.1, -0.05) is 66.7 Å². The molecule has 1 atom stereocenters. The molecular weight excluding hydrogens is 535 g/mol. The number of aliphatic hydroxyl groups is 1. The minimum atomic E-state index is -3.17. The van der Waals surface area contributed by atoms with E-state index in [4.69, 9.17) is 9.47 Å². The number of carbonyl (C=O) groups is 2. The summed E-state index contributed by atoms with van der Waals surface area (Å²) in [5.74, 6) is -1.86. The number of para-hydroxylation sites is 1. The summed E-state index contributed by atoms with van der Waals surface area (Å²) in [5, 5.41) is 24.2. The number of nitriles is 1. The molecular formula is C33H30N2O5P+. The molecule has 41 heavy (non-hydrogen) atoms. The summed E-state index contributed by atoms with van der Waals surface area (Å²) in [6.07, 6.45) is 0. The van der Waals surface area contributed by atoms with Crippen molar-refractivity contribution in [1.82, 2.24) is 0 Å². The monoisotopic (exact) mass is 565 g/mol. The lowest BCUT2D eigenvalue weighted by molar-refractivity contribution is -0.142. The maximum absolute atomic E-state index is 14.0. The highest BCUT2D eigenvalue weighted by atomic mass is 31.2. The predicted octanol–water partition coefficient (Wildman–Crippen LogP) is 4.82. The van der Waals surface area contributed by atoms with Crippen molar-refractivity contribution in [3.05, 3.63) is 132 Å². The number of nitrogens with zero attached hydrogens (tertiary/aromatic N) is 2. The first kappa shape index (κ1) is 29.1. The molecule has 1 N–H and O–H groups in total. The van der Waals surface area contributed by atoms with Gasteiger partial charge in [0, 0.05) is 6.92 Å². The van der Waals surface area contributed by atoms with Gasteiger partial charge in [-0.05, 0) is 48.5 Å². The number of amides is 1. The van der Waals surface area contributed by atoms with Crippen molar-refractivity contribution >= 4 is 40.7 Å². The summed E-state index contributed by atoms with van der Waals surface area (Å²) in [7, 11) is -0.642. The molecule has 4 aromatic rings. The number of methoxy groups -OCH3 is 2. The third-order valence-corrected chi connectivity index (χ3v) is 11.1. The SMILES string of the molecule is COC(=O)C(/C(=C(/O)OC)[P+](c1ccccc1)(c1ccccc1)c1ccccc1)N(C(C)=O)c1ccccc1C#N. The third-order valence-electron chi connectivity index (χ3n) is 6.77. The topological polar surface area (TPSA) is 99.9 Å². The Labute approximate surface area is 240 Å². The lowest BCUT2D eigenvalue weighted by Gasteiger charge is -2.36. The van der Waals surface area contributed by atoms with Gasteiger partial charge in [-0.2, -0.15) is 5.26 Å². The van der Waals surface area contributed by atoms with Gasteiger partial charge >= 0.3 is 11.9 Å². The highest BCUT2D eigenvalue weighted by molar-refractivity contribution is 7.99. The zero-order valence-corrected chi connectivity index (χ0v) is 23.9. The van der Waals surface area contributed by atoms with Gasteiger partial charge in [0.1, 0.15) is 22.0 Å². The second-order valence-electron chi connectivity index (χ2n) is 9.02. The number of aliphatic hydroxyl groups excluding tert-OH is 1. The van der Waals surface area contributed by atoms with Crippen molar-refractivity contribution < 1.29 is 24.2 Å². The Morgan fingerprint density at radius 3 is 1.59 bits per heavy atom. The standard InChI is InChI=1S/C33H29N2O5P/c1-24(36)35(29-22-14-13-15-25(29)23-34)30(32(37)39-2)31(33(38)40-3)41(26-16-7-4-8-17-26,27-18-9-5-10-19-27)28-20-11-6-12-21-28/h4-22,30H,1-3H3/p+1/b33-31+. The fourth-order valence-electron chi connectivity index (χ4n) is 5.09. The van der Waals surface area contributed by atoms with E-state index in [9.17, 15) is 20.0 Å². The van der Waals surface area contributed by atoms with Crippen LogP contribution in [0.3, 0.4) is 0 Å². The number of benzene rings is 4. The van der Waals surface area contributed by atoms with Gasteiger partial charge in [0.15, 0.2) is 13.3 Å². The van der Waals surface area contributed by atoms with Crippen molar-refractivity contribution in [2.45, 2.75) is 13.0 Å². The average molecular weight is 566 g/mol. The first-order chi connectivity index (χ1) is 19.9. The van der Waals surface area contributed by atoms with Crippen molar-refractivity contribution in [2.24, 2.45) is 0 Å². The van der Waals surface area contributed by atoms with E-state index in [1.54, 1.807) is 24.3 Å². The molecule has 7 nitrogen and oxygen atoms in total. The summed E-state index contributed by atoms with van der Waals surface area (Å²) in [5.41, 5.74) is 0.377. The van der Waals surface area contributed by atoms with E-state index in [0.29, 0.717) is 0 Å². The molecule has 0 spiro atoms. The lowest BCUT2D eigenvalue weighted by Crippen LogP contribution is -2.50. The highest BCUT2D eigenvalue weighted by Crippen LogP contribution is 2.65. The Kier molecular flexibility index (Phi) is 9.19. The van der Waals surface area contributed by atoms with Crippen molar-refractivity contribution in [2.75, 3.05) is 19.1 Å². The Morgan fingerprint density at radius 1 is 0.756 bits per heavy atom. The van der Waals surface area contributed by atoms with E-state index in [2.05, 4.69) is 6.07 Å². The van der Waals surface area contributed by atoms with E-state index in [1.807, 2.05) is 91.0 Å². The molecule has 0 aromatic heterocycles. The molecule has 4 aromatic carbocycles. The second-order valence-corrected chi connectivity index (χ2v) is 12.4. The zero-order valence-electron chi connectivity index (χ0n) is 23.0. The van der Waals surface area contributed by atoms with Crippen LogP contribution in [0.5, 0.6) is 0 Å². The van der Waals surface area contributed by atoms with Gasteiger partial charge in [0.05, 0.1) is 25.5 Å². The van der Waals surface area contributed by atoms with Gasteiger partial charge in [-0.3, -0.25) is 9.69 Å². The van der Waals surface area contributed by atoms with Gasteiger partial charge in [0.25, 0.3) is 0 Å². The molecule has 0 aliphatic carbocycles. The van der Waals surface area contributed by atoms with Crippen LogP contribution in [0.4, 0.5) is 5.69 Å². The number of carbonyl (C=O) groups excluding carboxylic acids is 2. The Balaban J connectivity index is 2.24. The molecule has 0 saturated carbocycles. The van der Waals surface area contributed by atoms with Crippen LogP contribution in [0.2, 0.25) is 0 Å². The smallest absolute Gasteiger partial charge is 0.337 e. The van der Waals surface area contributed by atoms with Gasteiger partial charge in [-0.25, -0.2) is 4.79 Å². The van der Waals surface area contributed by atoms with Crippen LogP contribution >= 0.6 is 7.26 Å². The molecule has 0 heterocycles. The largest absolute Gasteiger partial charge is 0.478 e. The second kappa shape index (κ2) is 13.0. The minimum absolute atomic E-state index is 0.151. The molecule has 0 aliphatic heterocycles. The lowest BCUT2D eigenvalue weighted by atomic mass is 10.1. The summed E-state index contributed by atoms with van der Waals surface area (Å²) in [4.78, 5) is 28.7. The van der Waals surface area contributed by atoms with Crippen molar-refractivity contribution in [1.29, 1.82) is 5.26 Å². The minimum Gasteiger partial charge on any atom is -0.478 e. The van der Waals surface area contributed by atoms with Gasteiger partial charge < -0.3 is 14.6 Å². The van der Waals surface area contributed by atoms with E-state index < -0.39 is 31.1 Å². The first-order valence-electron chi connectivity index (χ1n) is 12.8. The Hall–Kier alpha value is -4.92. The molecule has 0 saturated heterocycles. The quantitative estimate of drug-likeness (QED) is 0.178. The number of hydrogen-bond acceptors (Lipinski definition) is 6. The third kappa shape index (κ3) is 5.43. The molecule has 0 radical (unpaired) electrons. The predicted molar refractivity (Wildman–Crippen MR) is 162 cm³/mol. The highest BCUT2D eigenvalue weighted by Gasteiger charge is 2.59. The summed E-state index contributed by atoms with van der Waals surface area (Å²) in [6, 6.07) is 35.7. The molecule has 1 unspecified atom stereocenters. The van der Waals surface area contributed by atoms with Crippen LogP contribution in [0.1, 0.15) is 12.5 Å². The molecule has 206 valence electrons. The van der Waals surface area contributed by atoms with Crippen LogP contribution in [0.15, 0.2) is 127 Å². The fraction of sp³-hybridized carbons (Fsp3) is 0.121. The maximum atomic E-state index is 14.0. The average Bonchev–Trinajstić information content (AvgIpc) is 3.03. The molecule has 1 amide bonds. The van der Waals surface area contributed by atoms with Gasteiger partial charge in [-0.15, -0.1) is 0 Å². The zero-order chi connectivity index (χ0) is 29.4. The summed E-state index contributed by atoms with van der Waals surface area (Å²) in [6.45, 7) is 1.30. The number of esters is 1. The van der Waals surface area contributed by atoms with Crippen LogP contribution in [-0.2, 0) is 19.1 Å². The van der Waals surface area contributed by atoms with Gasteiger partial charge in [0.2, 0.25) is 11.2 Å². The van der Waals surface area contributed by atoms with E-state index in [1.165, 1.54) is 26.0 Å². The number of hydrogen-bond donors (Lipinski definition) is 1. The molecule has 4 rings (SSSR count). The number of ether oxygens (including phenoxy) is 2. The maximum Gasteiger partial charge on any atom is 0.337 e. The fourth-order valence-corrected chi connectivity index (χ4v) is 9.64. The molecule has 0 fully saturated rings. The Morgan fingerprint density at radius 2 is 1.20 bits per heavy atom. The summed E-state index contributed by atoms with van der Waals surface area (Å²) >= 11 is 0. The molecule has 8 heteroatoms. The molecule has 0 bridgehead atoms. The van der Waals surface area contributed by atoms with Crippen molar-refractivity contribution in [3.8, 4) is 6.07 Å². The van der Waals surface area contributed by atoms with Crippen LogP contribution < -0.4 is 20.8 Å². The number of anilines is 1.